The molecule has 3 N–H and O–H groups in total. The van der Waals surface area contributed by atoms with Crippen LogP contribution in [0.25, 0.3) is 0 Å². The number of nitrogens with zero attached hydrogens (tertiary/aromatic N) is 1. The fraction of sp³-hybridized carbons (Fsp3) is 0.458. The smallest absolute Gasteiger partial charge is 0.480 e. The van der Waals surface area contributed by atoms with Crippen molar-refractivity contribution in [1.29, 1.82) is 0 Å². The number of hydrogen-bond acceptors (Lipinski definition) is 6. The molecule has 2 heterocycles. The highest BCUT2D eigenvalue weighted by atomic mass is 19.4. The molecule has 0 radical (unpaired) electrons. The van der Waals surface area contributed by atoms with Crippen molar-refractivity contribution in [1.82, 2.24) is 15.6 Å². The number of carbonyl (C=O) groups is 2. The summed E-state index contributed by atoms with van der Waals surface area (Å²) in [6, 6.07) is 7.65. The Morgan fingerprint density at radius 1 is 1.14 bits per heavy atom. The van der Waals surface area contributed by atoms with Gasteiger partial charge in [-0.1, -0.05) is 11.6 Å². The summed E-state index contributed by atoms with van der Waals surface area (Å²) in [7, 11) is 0. The minimum absolute atomic E-state index is 0.0270. The summed E-state index contributed by atoms with van der Waals surface area (Å²) in [6.07, 6.45) is -3.09. The first-order valence-electron chi connectivity index (χ1n) is 11.3. The Labute approximate surface area is 198 Å². The Hall–Kier alpha value is -3.34. The van der Waals surface area contributed by atoms with Crippen LogP contribution in [0, 0.1) is 6.92 Å². The molecule has 3 saturated carbocycles. The number of fused-ring (bicyclic) bond motifs is 2. The number of nitrogens with one attached hydrogen (secondary N) is 2. The van der Waals surface area contributed by atoms with Gasteiger partial charge in [0, 0.05) is 23.1 Å². The van der Waals surface area contributed by atoms with Gasteiger partial charge < -0.3 is 25.2 Å². The van der Waals surface area contributed by atoms with Gasteiger partial charge in [0.15, 0.2) is 6.10 Å². The normalized spacial score (nSPS) is 28.8. The van der Waals surface area contributed by atoms with E-state index in [1.54, 1.807) is 6.07 Å². The number of alkyl halides is 3. The molecule has 0 unspecified atom stereocenters. The van der Waals surface area contributed by atoms with Gasteiger partial charge in [-0.15, -0.1) is 13.2 Å². The van der Waals surface area contributed by atoms with Gasteiger partial charge in [0.25, 0.3) is 11.8 Å². The van der Waals surface area contributed by atoms with Crippen LogP contribution in [0.3, 0.4) is 0 Å². The van der Waals surface area contributed by atoms with Crippen LogP contribution in [-0.2, 0) is 4.79 Å². The number of aliphatic hydroxyl groups is 1. The molecule has 8 nitrogen and oxygen atoms in total. The van der Waals surface area contributed by atoms with Gasteiger partial charge in [-0.2, -0.15) is 0 Å². The molecule has 35 heavy (non-hydrogen) atoms. The third-order valence-electron chi connectivity index (χ3n) is 6.93. The molecule has 4 aliphatic rings. The molecule has 0 saturated heterocycles. The van der Waals surface area contributed by atoms with E-state index in [-0.39, 0.29) is 18.0 Å². The lowest BCUT2D eigenvalue weighted by Gasteiger charge is -2.48. The number of ether oxygens (including phenoxy) is 2. The third kappa shape index (κ3) is 4.64. The second-order valence-electron chi connectivity index (χ2n) is 9.68. The highest BCUT2D eigenvalue weighted by Crippen LogP contribution is 2.55. The second-order valence-corrected chi connectivity index (χ2v) is 9.68. The van der Waals surface area contributed by atoms with Gasteiger partial charge in [-0.25, -0.2) is 4.98 Å². The van der Waals surface area contributed by atoms with E-state index in [0.29, 0.717) is 37.0 Å². The molecule has 186 valence electrons. The zero-order chi connectivity index (χ0) is 25.0. The summed E-state index contributed by atoms with van der Waals surface area (Å²) >= 11 is 0. The number of benzene rings is 1. The van der Waals surface area contributed by atoms with Crippen LogP contribution in [0.5, 0.6) is 11.5 Å². The van der Waals surface area contributed by atoms with E-state index in [4.69, 9.17) is 4.74 Å². The number of hydrogen-bond donors (Lipinski definition) is 3. The molecule has 3 fully saturated rings. The molecule has 11 heteroatoms. The first-order valence-corrected chi connectivity index (χ1v) is 11.3. The predicted molar refractivity (Wildman–Crippen MR) is 116 cm³/mol. The quantitative estimate of drug-likeness (QED) is 0.593. The maximum Gasteiger partial charge on any atom is 0.573 e. The summed E-state index contributed by atoms with van der Waals surface area (Å²) in [4.78, 5) is 29.3. The topological polar surface area (TPSA) is 110 Å². The Kier molecular flexibility index (Phi) is 5.42. The number of carbonyl (C=O) groups excluding carboxylic acids is 2. The van der Waals surface area contributed by atoms with Gasteiger partial charge >= 0.3 is 6.36 Å². The largest absolute Gasteiger partial charge is 0.573 e. The van der Waals surface area contributed by atoms with Crippen LogP contribution >= 0.6 is 0 Å². The maximum absolute atomic E-state index is 12.9. The van der Waals surface area contributed by atoms with E-state index in [1.165, 1.54) is 6.07 Å². The van der Waals surface area contributed by atoms with Gasteiger partial charge in [0.2, 0.25) is 0 Å². The average Bonchev–Trinajstić information content (AvgIpc) is 3.28. The van der Waals surface area contributed by atoms with Gasteiger partial charge in [-0.05, 0) is 56.9 Å². The fourth-order valence-corrected chi connectivity index (χ4v) is 5.46. The molecular formula is C24H24F3N3O5. The van der Waals surface area contributed by atoms with E-state index in [0.717, 1.165) is 17.8 Å². The number of halogens is 3. The average molecular weight is 491 g/mol. The van der Waals surface area contributed by atoms with Crippen LogP contribution in [0.15, 0.2) is 36.5 Å². The number of aryl methyl sites for hydroxylation is 1. The summed E-state index contributed by atoms with van der Waals surface area (Å²) in [5.74, 6) is -0.825. The third-order valence-corrected chi connectivity index (χ3v) is 6.93. The molecule has 2 aromatic rings. The van der Waals surface area contributed by atoms with Gasteiger partial charge in [0.1, 0.15) is 17.2 Å². The monoisotopic (exact) mass is 491 g/mol. The lowest BCUT2D eigenvalue weighted by atomic mass is 9.71. The molecule has 0 spiro atoms. The Balaban J connectivity index is 1.17. The van der Waals surface area contributed by atoms with Crippen LogP contribution in [-0.4, -0.2) is 45.4 Å². The predicted octanol–water partition coefficient (Wildman–Crippen LogP) is 3.08. The molecular weight excluding hydrogens is 467 g/mol. The minimum atomic E-state index is -4.84. The molecule has 1 aromatic carbocycles. The first kappa shape index (κ1) is 23.4. The van der Waals surface area contributed by atoms with Crippen LogP contribution in [0.1, 0.15) is 59.8 Å². The summed E-state index contributed by atoms with van der Waals surface area (Å²) < 4.78 is 46.5. The maximum atomic E-state index is 12.9. The van der Waals surface area contributed by atoms with Crippen molar-refractivity contribution in [2.24, 2.45) is 0 Å². The summed E-state index contributed by atoms with van der Waals surface area (Å²) in [6.45, 7) is 1.92. The van der Waals surface area contributed by atoms with Gasteiger partial charge in [-0.3, -0.25) is 9.59 Å². The lowest BCUT2D eigenvalue weighted by molar-refractivity contribution is -0.274. The van der Waals surface area contributed by atoms with Crippen molar-refractivity contribution in [3.63, 3.8) is 0 Å². The van der Waals surface area contributed by atoms with E-state index >= 15 is 0 Å². The van der Waals surface area contributed by atoms with Crippen LogP contribution in [0.2, 0.25) is 0 Å². The van der Waals surface area contributed by atoms with Crippen molar-refractivity contribution in [3.05, 3.63) is 53.3 Å². The summed E-state index contributed by atoms with van der Waals surface area (Å²) in [5, 5.41) is 16.5. The zero-order valence-electron chi connectivity index (χ0n) is 18.8. The van der Waals surface area contributed by atoms with Crippen LogP contribution < -0.4 is 20.1 Å². The number of rotatable bonds is 5. The Bertz CT molecular complexity index is 1160. The van der Waals surface area contributed by atoms with E-state index in [9.17, 15) is 27.9 Å². The number of pyridine rings is 1. The zero-order valence-corrected chi connectivity index (χ0v) is 18.8. The molecule has 6 rings (SSSR count). The van der Waals surface area contributed by atoms with Crippen molar-refractivity contribution >= 4 is 11.8 Å². The first-order chi connectivity index (χ1) is 16.4. The van der Waals surface area contributed by atoms with Crippen molar-refractivity contribution in [2.45, 2.75) is 68.7 Å². The molecule has 1 aliphatic heterocycles. The van der Waals surface area contributed by atoms with Crippen molar-refractivity contribution in [2.75, 3.05) is 0 Å². The van der Waals surface area contributed by atoms with E-state index in [1.807, 2.05) is 19.1 Å². The minimum Gasteiger partial charge on any atom is -0.480 e. The number of amides is 2. The van der Waals surface area contributed by atoms with E-state index < -0.39 is 41.3 Å². The second kappa shape index (κ2) is 8.11. The molecule has 3 aliphatic carbocycles. The highest BCUT2D eigenvalue weighted by molar-refractivity contribution is 5.93. The Morgan fingerprint density at radius 3 is 2.51 bits per heavy atom. The van der Waals surface area contributed by atoms with Crippen molar-refractivity contribution < 1.29 is 37.3 Å². The van der Waals surface area contributed by atoms with Crippen LogP contribution in [0.4, 0.5) is 13.2 Å². The Morgan fingerprint density at radius 2 is 1.86 bits per heavy atom. The lowest BCUT2D eigenvalue weighted by Crippen LogP contribution is -2.65. The molecule has 1 aromatic heterocycles. The molecule has 2 atom stereocenters. The van der Waals surface area contributed by atoms with Crippen molar-refractivity contribution in [3.8, 4) is 11.5 Å². The highest BCUT2D eigenvalue weighted by Gasteiger charge is 2.62. The van der Waals surface area contributed by atoms with E-state index in [2.05, 4.69) is 20.4 Å². The summed E-state index contributed by atoms with van der Waals surface area (Å²) in [5.41, 5.74) is 0.660. The fourth-order valence-electron chi connectivity index (χ4n) is 5.46. The standard InChI is InChI=1S/C24H24F3N3O5/c1-13-2-5-18-15(8-13)17(31)9-19(34-18)21(33)30-23-7-6-22(11-23,12-23)29-20(32)16-4-3-14(10-28-16)35-24(25,26)27/h2-5,8,10,17,19,31H,6-7,9,11-12H2,1H3,(H,29,32)(H,30,33)/t17-,19-,22?,23?/m1/s1. The molecule has 2 amide bonds. The van der Waals surface area contributed by atoms with Gasteiger partial charge in [0.05, 0.1) is 12.3 Å². The number of aliphatic hydroxyl groups excluding tert-OH is 1. The number of aromatic nitrogens is 1. The molecule has 2 bridgehead atoms. The SMILES string of the molecule is Cc1ccc2c(c1)[C@H](O)C[C@H](C(=O)NC13CCC(NC(=O)c4ccc(OC(F)(F)F)cn4)(C1)C3)O2.